The SMILES string of the molecule is CC(N)CC1=NCCN1C. The first-order chi connectivity index (χ1) is 4.70. The van der Waals surface area contributed by atoms with Gasteiger partial charge in [-0.2, -0.15) is 0 Å². The Balaban J connectivity index is 2.40. The summed E-state index contributed by atoms with van der Waals surface area (Å²) >= 11 is 0. The van der Waals surface area contributed by atoms with E-state index in [0.29, 0.717) is 0 Å². The summed E-state index contributed by atoms with van der Waals surface area (Å²) in [6.45, 7) is 4.01. The van der Waals surface area contributed by atoms with Crippen LogP contribution in [0.1, 0.15) is 13.3 Å². The fourth-order valence-electron chi connectivity index (χ4n) is 1.09. The first-order valence-electron chi connectivity index (χ1n) is 3.70. The molecule has 10 heavy (non-hydrogen) atoms. The Labute approximate surface area is 61.9 Å². The highest BCUT2D eigenvalue weighted by Gasteiger charge is 2.12. The second-order valence-corrected chi connectivity index (χ2v) is 2.90. The Bertz CT molecular complexity index is 140. The van der Waals surface area contributed by atoms with Crippen LogP contribution in [0.15, 0.2) is 4.99 Å². The molecule has 0 radical (unpaired) electrons. The zero-order valence-electron chi connectivity index (χ0n) is 6.67. The van der Waals surface area contributed by atoms with E-state index in [2.05, 4.69) is 16.9 Å². The van der Waals surface area contributed by atoms with Crippen LogP contribution in [-0.2, 0) is 0 Å². The van der Waals surface area contributed by atoms with E-state index in [1.54, 1.807) is 0 Å². The van der Waals surface area contributed by atoms with Gasteiger partial charge in [0.05, 0.1) is 6.54 Å². The van der Waals surface area contributed by atoms with Gasteiger partial charge >= 0.3 is 0 Å². The lowest BCUT2D eigenvalue weighted by Gasteiger charge is -2.14. The number of nitrogens with zero attached hydrogens (tertiary/aromatic N) is 2. The van der Waals surface area contributed by atoms with Crippen LogP contribution in [0.4, 0.5) is 0 Å². The monoisotopic (exact) mass is 141 g/mol. The highest BCUT2D eigenvalue weighted by molar-refractivity contribution is 5.83. The molecule has 2 N–H and O–H groups in total. The number of hydrogen-bond donors (Lipinski definition) is 1. The van der Waals surface area contributed by atoms with E-state index in [9.17, 15) is 0 Å². The van der Waals surface area contributed by atoms with Gasteiger partial charge in [-0.05, 0) is 6.92 Å². The molecule has 3 nitrogen and oxygen atoms in total. The van der Waals surface area contributed by atoms with Crippen molar-refractivity contribution in [1.82, 2.24) is 4.90 Å². The number of rotatable bonds is 2. The van der Waals surface area contributed by atoms with Gasteiger partial charge in [-0.3, -0.25) is 4.99 Å². The third kappa shape index (κ3) is 1.70. The van der Waals surface area contributed by atoms with Crippen molar-refractivity contribution in [2.75, 3.05) is 20.1 Å². The number of nitrogens with two attached hydrogens (primary N) is 1. The molecule has 1 unspecified atom stereocenters. The van der Waals surface area contributed by atoms with Crippen molar-refractivity contribution >= 4 is 5.84 Å². The van der Waals surface area contributed by atoms with E-state index in [1.165, 1.54) is 0 Å². The number of hydrogen-bond acceptors (Lipinski definition) is 3. The molecule has 1 atom stereocenters. The second kappa shape index (κ2) is 3.01. The molecule has 0 amide bonds. The third-order valence-corrected chi connectivity index (χ3v) is 1.67. The smallest absolute Gasteiger partial charge is 0.100 e. The lowest BCUT2D eigenvalue weighted by molar-refractivity contribution is 0.537. The topological polar surface area (TPSA) is 41.6 Å². The van der Waals surface area contributed by atoms with Crippen molar-refractivity contribution in [3.8, 4) is 0 Å². The minimum absolute atomic E-state index is 0.235. The normalized spacial score (nSPS) is 21.1. The highest BCUT2D eigenvalue weighted by Crippen LogP contribution is 2.02. The van der Waals surface area contributed by atoms with Crippen molar-refractivity contribution in [3.63, 3.8) is 0 Å². The van der Waals surface area contributed by atoms with E-state index in [1.807, 2.05) is 6.92 Å². The van der Waals surface area contributed by atoms with Crippen molar-refractivity contribution in [2.24, 2.45) is 10.7 Å². The van der Waals surface area contributed by atoms with Crippen LogP contribution < -0.4 is 5.73 Å². The van der Waals surface area contributed by atoms with Gasteiger partial charge in [0.15, 0.2) is 0 Å². The maximum absolute atomic E-state index is 5.63. The lowest BCUT2D eigenvalue weighted by atomic mass is 10.2. The fraction of sp³-hybridized carbons (Fsp3) is 0.857. The van der Waals surface area contributed by atoms with E-state index in [4.69, 9.17) is 5.73 Å². The molecule has 0 bridgehead atoms. The summed E-state index contributed by atoms with van der Waals surface area (Å²) < 4.78 is 0. The summed E-state index contributed by atoms with van der Waals surface area (Å²) in [4.78, 5) is 6.49. The fourth-order valence-corrected chi connectivity index (χ4v) is 1.09. The van der Waals surface area contributed by atoms with Crippen LogP contribution in [0.2, 0.25) is 0 Å². The standard InChI is InChI=1S/C7H15N3/c1-6(8)5-7-9-3-4-10(7)2/h6H,3-5,8H2,1-2H3. The molecule has 0 aromatic rings. The molecule has 0 aromatic heterocycles. The zero-order valence-corrected chi connectivity index (χ0v) is 6.67. The molecule has 0 aromatic carbocycles. The molecule has 3 heteroatoms. The molecule has 58 valence electrons. The van der Waals surface area contributed by atoms with Gasteiger partial charge in [0.25, 0.3) is 0 Å². The van der Waals surface area contributed by atoms with E-state index < -0.39 is 0 Å². The molecule has 0 spiro atoms. The Morgan fingerprint density at radius 2 is 2.50 bits per heavy atom. The minimum Gasteiger partial charge on any atom is -0.362 e. The first-order valence-corrected chi connectivity index (χ1v) is 3.70. The van der Waals surface area contributed by atoms with Crippen molar-refractivity contribution in [1.29, 1.82) is 0 Å². The van der Waals surface area contributed by atoms with E-state index in [0.717, 1.165) is 25.3 Å². The maximum atomic E-state index is 5.63. The van der Waals surface area contributed by atoms with Crippen LogP contribution in [0.3, 0.4) is 0 Å². The molecule has 1 heterocycles. The number of likely N-dealkylation sites (N-methyl/N-ethyl adjacent to an activating group) is 1. The van der Waals surface area contributed by atoms with Gasteiger partial charge < -0.3 is 10.6 Å². The summed E-state index contributed by atoms with van der Waals surface area (Å²) in [7, 11) is 2.06. The summed E-state index contributed by atoms with van der Waals surface area (Å²) in [6, 6.07) is 0.235. The van der Waals surface area contributed by atoms with Crippen molar-refractivity contribution < 1.29 is 0 Å². The molecule has 0 saturated carbocycles. The van der Waals surface area contributed by atoms with E-state index >= 15 is 0 Å². The maximum Gasteiger partial charge on any atom is 0.100 e. The van der Waals surface area contributed by atoms with Gasteiger partial charge in [0.2, 0.25) is 0 Å². The largest absolute Gasteiger partial charge is 0.362 e. The average molecular weight is 141 g/mol. The van der Waals surface area contributed by atoms with Crippen LogP contribution in [-0.4, -0.2) is 36.9 Å². The van der Waals surface area contributed by atoms with Gasteiger partial charge in [-0.25, -0.2) is 0 Å². The molecule has 0 aliphatic carbocycles. The molecule has 1 aliphatic rings. The van der Waals surface area contributed by atoms with Gasteiger partial charge in [0, 0.05) is 26.1 Å². The molecule has 0 fully saturated rings. The molecule has 1 rings (SSSR count). The molecular weight excluding hydrogens is 126 g/mol. The molecule has 1 aliphatic heterocycles. The van der Waals surface area contributed by atoms with Crippen molar-refractivity contribution in [3.05, 3.63) is 0 Å². The van der Waals surface area contributed by atoms with Crippen LogP contribution in [0.5, 0.6) is 0 Å². The molecule has 0 saturated heterocycles. The highest BCUT2D eigenvalue weighted by atomic mass is 15.2. The van der Waals surface area contributed by atoms with Crippen LogP contribution >= 0.6 is 0 Å². The number of amidine groups is 1. The zero-order chi connectivity index (χ0) is 7.56. The van der Waals surface area contributed by atoms with Gasteiger partial charge in [-0.1, -0.05) is 0 Å². The second-order valence-electron chi connectivity index (χ2n) is 2.90. The Kier molecular flexibility index (Phi) is 2.27. The summed E-state index contributed by atoms with van der Waals surface area (Å²) in [6.07, 6.45) is 0.913. The Hall–Kier alpha value is -0.570. The summed E-state index contributed by atoms with van der Waals surface area (Å²) in [5.74, 6) is 1.16. The Morgan fingerprint density at radius 1 is 1.80 bits per heavy atom. The lowest BCUT2D eigenvalue weighted by Crippen LogP contribution is -2.28. The van der Waals surface area contributed by atoms with Gasteiger partial charge in [-0.15, -0.1) is 0 Å². The summed E-state index contributed by atoms with van der Waals surface area (Å²) in [5, 5.41) is 0. The predicted molar refractivity (Wildman–Crippen MR) is 43.2 cm³/mol. The van der Waals surface area contributed by atoms with E-state index in [-0.39, 0.29) is 6.04 Å². The predicted octanol–water partition coefficient (Wildman–Crippen LogP) is 0.0676. The van der Waals surface area contributed by atoms with Gasteiger partial charge in [0.1, 0.15) is 5.84 Å². The van der Waals surface area contributed by atoms with Crippen molar-refractivity contribution in [2.45, 2.75) is 19.4 Å². The summed E-state index contributed by atoms with van der Waals surface area (Å²) in [5.41, 5.74) is 5.63. The average Bonchev–Trinajstić information content (AvgIpc) is 2.15. The third-order valence-electron chi connectivity index (χ3n) is 1.67. The van der Waals surface area contributed by atoms with Crippen LogP contribution in [0.25, 0.3) is 0 Å². The molecular formula is C7H15N3. The van der Waals surface area contributed by atoms with Crippen LogP contribution in [0, 0.1) is 0 Å². The quantitative estimate of drug-likeness (QED) is 0.591. The minimum atomic E-state index is 0.235. The Morgan fingerprint density at radius 3 is 2.90 bits per heavy atom. The number of aliphatic imine (C=N–C) groups is 1. The first kappa shape index (κ1) is 7.54.